The van der Waals surface area contributed by atoms with Crippen molar-refractivity contribution in [2.45, 2.75) is 19.8 Å². The standard InChI is InChI=1S/C7H14O3S.Na.H/c1-3-5-7(4-2)6-11(8,9)10;;/h4,7H,2-3,5-6H2,1H3,(H,8,9,10);;. The minimum atomic E-state index is -3.83. The SMILES string of the molecule is C=CC(CCC)CS(=O)(=O)O.[NaH]. The fraction of sp³-hybridized carbons (Fsp3) is 0.714. The summed E-state index contributed by atoms with van der Waals surface area (Å²) in [5.74, 6) is -0.320. The van der Waals surface area contributed by atoms with Crippen LogP contribution in [0.3, 0.4) is 0 Å². The monoisotopic (exact) mass is 202 g/mol. The zero-order valence-corrected chi connectivity index (χ0v) is 7.47. The molecular weight excluding hydrogens is 187 g/mol. The van der Waals surface area contributed by atoms with Crippen molar-refractivity contribution >= 4 is 39.7 Å². The van der Waals surface area contributed by atoms with E-state index in [2.05, 4.69) is 6.58 Å². The third-order valence-corrected chi connectivity index (χ3v) is 2.27. The second-order valence-corrected chi connectivity index (χ2v) is 4.03. The van der Waals surface area contributed by atoms with Gasteiger partial charge in [-0.1, -0.05) is 19.4 Å². The average Bonchev–Trinajstić information content (AvgIpc) is 1.84. The summed E-state index contributed by atoms with van der Waals surface area (Å²) in [4.78, 5) is 0. The first kappa shape index (κ1) is 15.1. The summed E-state index contributed by atoms with van der Waals surface area (Å²) < 4.78 is 29.2. The molecule has 5 heteroatoms. The van der Waals surface area contributed by atoms with Gasteiger partial charge in [-0.05, 0) is 12.3 Å². The molecule has 0 saturated heterocycles. The molecule has 0 spiro atoms. The van der Waals surface area contributed by atoms with Crippen LogP contribution in [0, 0.1) is 5.92 Å². The molecule has 0 saturated carbocycles. The van der Waals surface area contributed by atoms with Crippen molar-refractivity contribution in [2.24, 2.45) is 5.92 Å². The molecule has 0 amide bonds. The fourth-order valence-electron chi connectivity index (χ4n) is 0.911. The molecule has 0 aromatic carbocycles. The summed E-state index contributed by atoms with van der Waals surface area (Å²) in [6.45, 7) is 5.45. The van der Waals surface area contributed by atoms with Crippen LogP contribution in [0.25, 0.3) is 0 Å². The van der Waals surface area contributed by atoms with Crippen LogP contribution in [0.4, 0.5) is 0 Å². The summed E-state index contributed by atoms with van der Waals surface area (Å²) in [7, 11) is -3.83. The maximum absolute atomic E-state index is 10.4. The van der Waals surface area contributed by atoms with E-state index in [-0.39, 0.29) is 41.2 Å². The topological polar surface area (TPSA) is 54.4 Å². The Kier molecular flexibility index (Phi) is 8.95. The van der Waals surface area contributed by atoms with Crippen LogP contribution in [0.15, 0.2) is 12.7 Å². The van der Waals surface area contributed by atoms with Gasteiger partial charge in [0.05, 0.1) is 5.75 Å². The van der Waals surface area contributed by atoms with Crippen LogP contribution in [-0.2, 0) is 10.1 Å². The Morgan fingerprint density at radius 2 is 2.08 bits per heavy atom. The third-order valence-electron chi connectivity index (χ3n) is 1.42. The van der Waals surface area contributed by atoms with E-state index in [0.29, 0.717) is 0 Å². The van der Waals surface area contributed by atoms with Crippen LogP contribution >= 0.6 is 0 Å². The second-order valence-electron chi connectivity index (χ2n) is 2.53. The number of rotatable bonds is 5. The quantitative estimate of drug-likeness (QED) is 0.408. The van der Waals surface area contributed by atoms with E-state index in [1.165, 1.54) is 0 Å². The van der Waals surface area contributed by atoms with E-state index in [9.17, 15) is 8.42 Å². The van der Waals surface area contributed by atoms with Gasteiger partial charge in [0.1, 0.15) is 0 Å². The van der Waals surface area contributed by atoms with Crippen molar-refractivity contribution in [3.63, 3.8) is 0 Å². The third kappa shape index (κ3) is 8.74. The molecule has 0 aromatic rings. The van der Waals surface area contributed by atoms with E-state index in [4.69, 9.17) is 4.55 Å². The summed E-state index contributed by atoms with van der Waals surface area (Å²) in [5, 5.41) is 0. The molecule has 0 aromatic heterocycles. The van der Waals surface area contributed by atoms with Gasteiger partial charge in [0.2, 0.25) is 0 Å². The number of hydrogen-bond acceptors (Lipinski definition) is 2. The summed E-state index contributed by atoms with van der Waals surface area (Å²) in [6, 6.07) is 0. The molecule has 0 fully saturated rings. The zero-order valence-electron chi connectivity index (χ0n) is 6.66. The van der Waals surface area contributed by atoms with Crippen LogP contribution < -0.4 is 0 Å². The van der Waals surface area contributed by atoms with E-state index in [1.807, 2.05) is 6.92 Å². The summed E-state index contributed by atoms with van der Waals surface area (Å²) in [5.41, 5.74) is 0. The number of hydrogen-bond donors (Lipinski definition) is 1. The number of allylic oxidation sites excluding steroid dienone is 1. The predicted octanol–water partition coefficient (Wildman–Crippen LogP) is 0.828. The average molecular weight is 202 g/mol. The molecule has 0 rings (SSSR count). The molecule has 1 N–H and O–H groups in total. The normalized spacial score (nSPS) is 13.2. The predicted molar refractivity (Wildman–Crippen MR) is 52.2 cm³/mol. The van der Waals surface area contributed by atoms with E-state index < -0.39 is 10.1 Å². The molecule has 12 heavy (non-hydrogen) atoms. The summed E-state index contributed by atoms with van der Waals surface area (Å²) >= 11 is 0. The van der Waals surface area contributed by atoms with Gasteiger partial charge in [-0.3, -0.25) is 4.55 Å². The molecule has 0 aliphatic carbocycles. The van der Waals surface area contributed by atoms with Crippen molar-refractivity contribution in [3.8, 4) is 0 Å². The zero-order chi connectivity index (χ0) is 8.91. The van der Waals surface area contributed by atoms with Crippen molar-refractivity contribution in [1.82, 2.24) is 0 Å². The Morgan fingerprint density at radius 1 is 1.58 bits per heavy atom. The Labute approximate surface area is 96.3 Å². The van der Waals surface area contributed by atoms with Gasteiger partial charge in [-0.2, -0.15) is 8.42 Å². The van der Waals surface area contributed by atoms with Crippen molar-refractivity contribution in [3.05, 3.63) is 12.7 Å². The Bertz CT molecular complexity index is 211. The first-order valence-corrected chi connectivity index (χ1v) is 5.18. The Balaban J connectivity index is 0. The molecule has 0 heterocycles. The van der Waals surface area contributed by atoms with Gasteiger partial charge in [0.25, 0.3) is 10.1 Å². The molecular formula is C7H15NaO3S. The molecule has 0 aliphatic heterocycles. The van der Waals surface area contributed by atoms with Crippen LogP contribution in [0.1, 0.15) is 19.8 Å². The van der Waals surface area contributed by atoms with Gasteiger partial charge in [0, 0.05) is 0 Å². The van der Waals surface area contributed by atoms with E-state index >= 15 is 0 Å². The van der Waals surface area contributed by atoms with E-state index in [1.54, 1.807) is 6.08 Å². The molecule has 3 nitrogen and oxygen atoms in total. The minimum absolute atomic E-state index is 0. The maximum atomic E-state index is 10.4. The molecule has 0 radical (unpaired) electrons. The molecule has 68 valence electrons. The Hall–Kier alpha value is 0.650. The van der Waals surface area contributed by atoms with Crippen LogP contribution in [0.2, 0.25) is 0 Å². The molecule has 1 atom stereocenters. The van der Waals surface area contributed by atoms with Gasteiger partial charge in [0.15, 0.2) is 0 Å². The first-order chi connectivity index (χ1) is 4.99. The van der Waals surface area contributed by atoms with Gasteiger partial charge < -0.3 is 0 Å². The van der Waals surface area contributed by atoms with Gasteiger partial charge in [-0.25, -0.2) is 0 Å². The van der Waals surface area contributed by atoms with Gasteiger partial charge in [-0.15, -0.1) is 6.58 Å². The fourth-order valence-corrected chi connectivity index (χ4v) is 1.75. The van der Waals surface area contributed by atoms with Gasteiger partial charge >= 0.3 is 29.6 Å². The molecule has 0 bridgehead atoms. The van der Waals surface area contributed by atoms with Crippen LogP contribution in [-0.4, -0.2) is 48.3 Å². The van der Waals surface area contributed by atoms with E-state index in [0.717, 1.165) is 12.8 Å². The van der Waals surface area contributed by atoms with Crippen molar-refractivity contribution < 1.29 is 13.0 Å². The molecule has 1 unspecified atom stereocenters. The summed E-state index contributed by atoms with van der Waals surface area (Å²) in [6.07, 6.45) is 3.22. The van der Waals surface area contributed by atoms with Crippen molar-refractivity contribution in [1.29, 1.82) is 0 Å². The van der Waals surface area contributed by atoms with Crippen molar-refractivity contribution in [2.75, 3.05) is 5.75 Å². The molecule has 0 aliphatic rings. The van der Waals surface area contributed by atoms with Crippen LogP contribution in [0.5, 0.6) is 0 Å². The second kappa shape index (κ2) is 7.09. The first-order valence-electron chi connectivity index (χ1n) is 3.57. The Morgan fingerprint density at radius 3 is 2.33 bits per heavy atom.